The van der Waals surface area contributed by atoms with E-state index >= 15 is 0 Å². The quantitative estimate of drug-likeness (QED) is 0.338. The molecule has 0 atom stereocenters. The zero-order valence-corrected chi connectivity index (χ0v) is 16.6. The number of nitrogen functional groups attached to an aromatic ring is 1. The van der Waals surface area contributed by atoms with Crippen LogP contribution < -0.4 is 5.73 Å². The van der Waals surface area contributed by atoms with Crippen LogP contribution in [0.25, 0.3) is 32.5 Å². The summed E-state index contributed by atoms with van der Waals surface area (Å²) < 4.78 is 6.37. The number of carbonyl (C=O) groups is 1. The Balaban J connectivity index is 1.66. The van der Waals surface area contributed by atoms with Crippen LogP contribution in [0.5, 0.6) is 5.75 Å². The van der Waals surface area contributed by atoms with Gasteiger partial charge in [-0.3, -0.25) is 4.79 Å². The first-order valence-electron chi connectivity index (χ1n) is 9.41. The van der Waals surface area contributed by atoms with E-state index in [1.807, 2.05) is 66.7 Å². The summed E-state index contributed by atoms with van der Waals surface area (Å²) in [6.45, 7) is 0. The lowest BCUT2D eigenvalue weighted by Crippen LogP contribution is -2.00. The van der Waals surface area contributed by atoms with Gasteiger partial charge < -0.3 is 15.3 Å². The Morgan fingerprint density at radius 1 is 0.867 bits per heavy atom. The molecule has 0 fully saturated rings. The molecule has 0 aliphatic heterocycles. The molecule has 4 nitrogen and oxygen atoms in total. The Hall–Kier alpha value is -3.83. The van der Waals surface area contributed by atoms with Gasteiger partial charge in [-0.15, -0.1) is 11.3 Å². The highest BCUT2D eigenvalue weighted by molar-refractivity contribution is 7.21. The first-order valence-corrected chi connectivity index (χ1v) is 10.2. The van der Waals surface area contributed by atoms with E-state index < -0.39 is 0 Å². The number of nitrogens with two attached hydrogens (primary N) is 1. The number of phenolic OH excluding ortho intramolecular Hbond substituents is 1. The largest absolute Gasteiger partial charge is 0.508 e. The van der Waals surface area contributed by atoms with Crippen LogP contribution in [0, 0.1) is 0 Å². The van der Waals surface area contributed by atoms with Crippen LogP contribution in [-0.2, 0) is 0 Å². The van der Waals surface area contributed by atoms with Crippen molar-refractivity contribution in [1.82, 2.24) is 0 Å². The summed E-state index contributed by atoms with van der Waals surface area (Å²) in [5, 5.41) is 10.9. The summed E-state index contributed by atoms with van der Waals surface area (Å²) >= 11 is 1.40. The highest BCUT2D eigenvalue weighted by atomic mass is 32.1. The number of hydrogen-bond acceptors (Lipinski definition) is 5. The SMILES string of the molecule is Nc1ccc(-c2ccc(-c3c(C(=O)c4ccccc4)sc4cc(O)ccc34)cc2)o1. The Morgan fingerprint density at radius 2 is 1.60 bits per heavy atom. The highest BCUT2D eigenvalue weighted by Gasteiger charge is 2.21. The topological polar surface area (TPSA) is 76.5 Å². The predicted molar refractivity (Wildman–Crippen MR) is 121 cm³/mol. The fraction of sp³-hybridized carbons (Fsp3) is 0. The first kappa shape index (κ1) is 18.2. The maximum atomic E-state index is 13.3. The minimum atomic E-state index is -0.0332. The van der Waals surface area contributed by atoms with E-state index in [9.17, 15) is 9.90 Å². The van der Waals surface area contributed by atoms with E-state index in [0.29, 0.717) is 22.1 Å². The summed E-state index contributed by atoms with van der Waals surface area (Å²) in [6.07, 6.45) is 0. The molecule has 0 spiro atoms. The molecule has 3 aromatic carbocycles. The van der Waals surface area contributed by atoms with E-state index in [1.165, 1.54) is 11.3 Å². The lowest BCUT2D eigenvalue weighted by molar-refractivity contribution is 0.104. The van der Waals surface area contributed by atoms with Gasteiger partial charge in [-0.25, -0.2) is 0 Å². The standard InChI is InChI=1S/C25H17NO3S/c26-22-13-12-20(29-22)15-6-8-16(9-7-15)23-19-11-10-18(27)14-21(19)30-25(23)24(28)17-4-2-1-3-5-17/h1-14,27H,26H2. The smallest absolute Gasteiger partial charge is 0.203 e. The fourth-order valence-corrected chi connectivity index (χ4v) is 4.78. The van der Waals surface area contributed by atoms with Crippen LogP contribution in [0.4, 0.5) is 5.88 Å². The Labute approximate surface area is 176 Å². The average Bonchev–Trinajstić information content (AvgIpc) is 3.37. The molecule has 2 aromatic heterocycles. The number of carbonyl (C=O) groups excluding carboxylic acids is 1. The van der Waals surface area contributed by atoms with Gasteiger partial charge in [0, 0.05) is 32.8 Å². The van der Waals surface area contributed by atoms with Crippen molar-refractivity contribution in [3.05, 3.63) is 95.4 Å². The third kappa shape index (κ3) is 3.15. The second kappa shape index (κ2) is 7.21. The molecule has 0 radical (unpaired) electrons. The first-order chi connectivity index (χ1) is 14.6. The van der Waals surface area contributed by atoms with Crippen molar-refractivity contribution < 1.29 is 14.3 Å². The molecule has 0 saturated carbocycles. The minimum absolute atomic E-state index is 0.0332. The van der Waals surface area contributed by atoms with E-state index in [0.717, 1.165) is 26.8 Å². The summed E-state index contributed by atoms with van der Waals surface area (Å²) in [5.74, 6) is 1.21. The second-order valence-electron chi connectivity index (χ2n) is 6.96. The number of ketones is 1. The number of aromatic hydroxyl groups is 1. The van der Waals surface area contributed by atoms with Gasteiger partial charge in [0.2, 0.25) is 5.78 Å². The van der Waals surface area contributed by atoms with Gasteiger partial charge in [-0.1, -0.05) is 54.6 Å². The number of phenols is 1. The molecule has 146 valence electrons. The second-order valence-corrected chi connectivity index (χ2v) is 8.01. The lowest BCUT2D eigenvalue weighted by atomic mass is 9.97. The number of anilines is 1. The van der Waals surface area contributed by atoms with Crippen LogP contribution >= 0.6 is 11.3 Å². The van der Waals surface area contributed by atoms with Crippen molar-refractivity contribution in [1.29, 1.82) is 0 Å². The van der Waals surface area contributed by atoms with Gasteiger partial charge >= 0.3 is 0 Å². The molecular weight excluding hydrogens is 394 g/mol. The summed E-state index contributed by atoms with van der Waals surface area (Å²) in [7, 11) is 0. The maximum absolute atomic E-state index is 13.3. The molecule has 5 heteroatoms. The highest BCUT2D eigenvalue weighted by Crippen LogP contribution is 2.41. The maximum Gasteiger partial charge on any atom is 0.203 e. The molecule has 0 amide bonds. The molecule has 0 saturated heterocycles. The monoisotopic (exact) mass is 411 g/mol. The van der Waals surface area contributed by atoms with Gasteiger partial charge in [0.25, 0.3) is 0 Å². The molecule has 5 rings (SSSR count). The van der Waals surface area contributed by atoms with Crippen molar-refractivity contribution in [2.75, 3.05) is 5.73 Å². The predicted octanol–water partition coefficient (Wildman–Crippen LogP) is 6.35. The average molecular weight is 411 g/mol. The van der Waals surface area contributed by atoms with Gasteiger partial charge in [-0.2, -0.15) is 0 Å². The Kier molecular flexibility index (Phi) is 4.38. The minimum Gasteiger partial charge on any atom is -0.508 e. The number of furan rings is 1. The van der Waals surface area contributed by atoms with Crippen LogP contribution in [0.3, 0.4) is 0 Å². The molecule has 30 heavy (non-hydrogen) atoms. The fourth-order valence-electron chi connectivity index (χ4n) is 3.56. The van der Waals surface area contributed by atoms with Crippen molar-refractivity contribution >= 4 is 33.1 Å². The zero-order chi connectivity index (χ0) is 20.7. The van der Waals surface area contributed by atoms with E-state index in [1.54, 1.807) is 18.2 Å². The Morgan fingerprint density at radius 3 is 2.30 bits per heavy atom. The number of hydrogen-bond donors (Lipinski definition) is 2. The van der Waals surface area contributed by atoms with Gasteiger partial charge in [0.1, 0.15) is 11.5 Å². The molecule has 0 bridgehead atoms. The molecular formula is C25H17NO3S. The molecule has 0 unspecified atom stereocenters. The van der Waals surface area contributed by atoms with Crippen LogP contribution in [0.2, 0.25) is 0 Å². The van der Waals surface area contributed by atoms with E-state index in [4.69, 9.17) is 10.2 Å². The van der Waals surface area contributed by atoms with Crippen LogP contribution in [-0.4, -0.2) is 10.9 Å². The number of thiophene rings is 1. The molecule has 0 aliphatic carbocycles. The molecule has 3 N–H and O–H groups in total. The van der Waals surface area contributed by atoms with Gasteiger partial charge in [0.05, 0.1) is 4.88 Å². The van der Waals surface area contributed by atoms with Crippen molar-refractivity contribution in [2.24, 2.45) is 0 Å². The lowest BCUT2D eigenvalue weighted by Gasteiger charge is -2.06. The third-order valence-corrected chi connectivity index (χ3v) is 6.15. The summed E-state index contributed by atoms with van der Waals surface area (Å²) in [6, 6.07) is 25.9. The van der Waals surface area contributed by atoms with E-state index in [2.05, 4.69) is 0 Å². The van der Waals surface area contributed by atoms with Crippen molar-refractivity contribution in [3.63, 3.8) is 0 Å². The van der Waals surface area contributed by atoms with Crippen LogP contribution in [0.1, 0.15) is 15.2 Å². The van der Waals surface area contributed by atoms with Gasteiger partial charge in [0.15, 0.2) is 5.88 Å². The van der Waals surface area contributed by atoms with Gasteiger partial charge in [-0.05, 0) is 29.8 Å². The van der Waals surface area contributed by atoms with Crippen LogP contribution in [0.15, 0.2) is 89.3 Å². The summed E-state index contributed by atoms with van der Waals surface area (Å²) in [4.78, 5) is 14.0. The summed E-state index contributed by atoms with van der Waals surface area (Å²) in [5.41, 5.74) is 9.02. The van der Waals surface area contributed by atoms with Crippen molar-refractivity contribution in [2.45, 2.75) is 0 Å². The molecule has 5 aromatic rings. The van der Waals surface area contributed by atoms with Crippen molar-refractivity contribution in [3.8, 4) is 28.2 Å². The number of rotatable bonds is 4. The molecule has 2 heterocycles. The number of fused-ring (bicyclic) bond motifs is 1. The normalized spacial score (nSPS) is 11.1. The third-order valence-electron chi connectivity index (χ3n) is 5.00. The Bertz CT molecular complexity index is 1370. The zero-order valence-electron chi connectivity index (χ0n) is 15.8. The molecule has 0 aliphatic rings. The number of benzene rings is 3. The van der Waals surface area contributed by atoms with E-state index in [-0.39, 0.29) is 11.5 Å².